The maximum Gasteiger partial charge on any atom is 0.410 e. The van der Waals surface area contributed by atoms with Gasteiger partial charge in [-0.15, -0.1) is 0 Å². The molecule has 24 nitrogen and oxygen atoms in total. The standard InChI is InChI=1S/C59H94N10O14/c1-14-38(8)52(44(81-12)32-48(74)68-31-19-21-43(68)53(82-13)39(9)33-70)66(10)57(78)50(36(4)5)65-56(77)51(37(6)7)67(11)59(80)83-34-40-23-25-41(26-24-40)62-54(75)42(20-18-29-61-58(60)79)63-55(76)49(35(2)3)64-45(71)22-16-15-17-30-69-46(72)27-28-47(69)73/h23-28,33,35-39,42-44,49-53H,14-22,29-32,34H2,1-13H3,(H,62,75)(H,63,76)(H,64,71)(H,65,77)(H3,60,61,79). The van der Waals surface area contributed by atoms with Crippen LogP contribution in [-0.2, 0) is 64.0 Å². The topological polar surface area (TPSA) is 315 Å². The van der Waals surface area contributed by atoms with Crippen molar-refractivity contribution in [2.45, 2.75) is 182 Å². The maximum atomic E-state index is 14.6. The molecule has 2 heterocycles. The van der Waals surface area contributed by atoms with Crippen LogP contribution in [-0.4, -0.2) is 182 Å². The third-order valence-electron chi connectivity index (χ3n) is 15.6. The average molecular weight is 1170 g/mol. The number of urea groups is 1. The fourth-order valence-corrected chi connectivity index (χ4v) is 10.6. The molecule has 10 atom stereocenters. The van der Waals surface area contributed by atoms with E-state index in [1.807, 2.05) is 13.8 Å². The van der Waals surface area contributed by atoms with Crippen molar-refractivity contribution in [2.75, 3.05) is 53.3 Å². The molecule has 11 amide bonds. The molecule has 2 aliphatic rings. The lowest BCUT2D eigenvalue weighted by molar-refractivity contribution is -0.147. The highest BCUT2D eigenvalue weighted by molar-refractivity contribution is 6.12. The van der Waals surface area contributed by atoms with Crippen LogP contribution < -0.4 is 32.3 Å². The van der Waals surface area contributed by atoms with Crippen LogP contribution in [0.2, 0.25) is 0 Å². The van der Waals surface area contributed by atoms with Crippen molar-refractivity contribution in [3.8, 4) is 0 Å². The van der Waals surface area contributed by atoms with Crippen LogP contribution in [0.5, 0.6) is 0 Å². The lowest BCUT2D eigenvalue weighted by atomic mass is 9.89. The van der Waals surface area contributed by atoms with E-state index in [9.17, 15) is 52.7 Å². The van der Waals surface area contributed by atoms with Gasteiger partial charge in [-0.25, -0.2) is 9.59 Å². The zero-order valence-electron chi connectivity index (χ0n) is 51.0. The number of methoxy groups -OCH3 is 2. The zero-order valence-corrected chi connectivity index (χ0v) is 51.0. The number of hydrogen-bond acceptors (Lipinski definition) is 14. The average Bonchev–Trinajstić information content (AvgIpc) is 4.16. The van der Waals surface area contributed by atoms with Gasteiger partial charge in [-0.3, -0.25) is 48.2 Å². The SMILES string of the molecule is CCC(C)C(C(CC(=O)N1CCCC1C(OC)C(C)C=O)OC)N(C)C(=O)C(NC(=O)C(C(C)C)N(C)C(=O)OCc1ccc(NC(=O)C(CCCNC(N)=O)NC(=O)C(NC(=O)CCCCCN2C(=O)C=CC2=O)C(C)C)cc1)C(C)C. The van der Waals surface area contributed by atoms with Gasteiger partial charge in [-0.05, 0) is 79.9 Å². The maximum absolute atomic E-state index is 14.6. The number of primary amides is 1. The molecule has 10 unspecified atom stereocenters. The number of hydrogen-bond donors (Lipinski definition) is 6. The number of nitrogens with one attached hydrogen (secondary N) is 5. The van der Waals surface area contributed by atoms with Crippen molar-refractivity contribution in [3.05, 3.63) is 42.0 Å². The van der Waals surface area contributed by atoms with Gasteiger partial charge >= 0.3 is 12.1 Å². The fourth-order valence-electron chi connectivity index (χ4n) is 10.6. The minimum Gasteiger partial charge on any atom is -0.445 e. The molecule has 0 spiro atoms. The molecule has 0 aromatic heterocycles. The molecule has 3 rings (SSSR count). The lowest BCUT2D eigenvalue weighted by Gasteiger charge is -2.41. The first-order valence-corrected chi connectivity index (χ1v) is 29.1. The van der Waals surface area contributed by atoms with Gasteiger partial charge in [-0.1, -0.05) is 87.3 Å². The van der Waals surface area contributed by atoms with E-state index in [-0.39, 0.29) is 86.9 Å². The number of imide groups is 1. The summed E-state index contributed by atoms with van der Waals surface area (Å²) in [6, 6.07) is 0.604. The number of amides is 11. The molecule has 2 aliphatic heterocycles. The number of anilines is 1. The van der Waals surface area contributed by atoms with Crippen LogP contribution >= 0.6 is 0 Å². The molecule has 1 saturated heterocycles. The van der Waals surface area contributed by atoms with Crippen molar-refractivity contribution in [2.24, 2.45) is 35.3 Å². The number of likely N-dealkylation sites (N-methyl/N-ethyl adjacent to an activating group) is 2. The molecule has 0 radical (unpaired) electrons. The van der Waals surface area contributed by atoms with Gasteiger partial charge in [0.2, 0.25) is 35.4 Å². The predicted octanol–water partition coefficient (Wildman–Crippen LogP) is 4.04. The van der Waals surface area contributed by atoms with E-state index in [4.69, 9.17) is 19.9 Å². The Kier molecular flexibility index (Phi) is 29.3. The summed E-state index contributed by atoms with van der Waals surface area (Å²) in [7, 11) is 6.13. The Hall–Kier alpha value is -6.95. The number of benzene rings is 1. The molecule has 0 aliphatic carbocycles. The van der Waals surface area contributed by atoms with Crippen LogP contribution in [0.3, 0.4) is 0 Å². The Bertz CT molecular complexity index is 2380. The number of rotatable bonds is 35. The van der Waals surface area contributed by atoms with Gasteiger partial charge in [0, 0.05) is 78.1 Å². The van der Waals surface area contributed by atoms with Crippen LogP contribution in [0.25, 0.3) is 0 Å². The highest BCUT2D eigenvalue weighted by atomic mass is 16.6. The summed E-state index contributed by atoms with van der Waals surface area (Å²) >= 11 is 0. The van der Waals surface area contributed by atoms with Crippen LogP contribution in [0.1, 0.15) is 132 Å². The monoisotopic (exact) mass is 1170 g/mol. The Morgan fingerprint density at radius 1 is 0.771 bits per heavy atom. The molecule has 1 fully saturated rings. The first-order valence-electron chi connectivity index (χ1n) is 29.1. The highest BCUT2D eigenvalue weighted by Gasteiger charge is 2.43. The van der Waals surface area contributed by atoms with Gasteiger partial charge < -0.3 is 61.1 Å². The number of unbranched alkanes of at least 4 members (excludes halogenated alkanes) is 2. The first-order chi connectivity index (χ1) is 39.2. The van der Waals surface area contributed by atoms with Crippen molar-refractivity contribution >= 4 is 71.4 Å². The molecular formula is C59H94N10O14. The Labute approximate surface area is 489 Å². The molecule has 1 aromatic rings. The molecule has 0 bridgehead atoms. The first kappa shape index (κ1) is 70.3. The largest absolute Gasteiger partial charge is 0.445 e. The number of likely N-dealkylation sites (tertiary alicyclic amines) is 1. The summed E-state index contributed by atoms with van der Waals surface area (Å²) < 4.78 is 17.4. The summed E-state index contributed by atoms with van der Waals surface area (Å²) in [6.07, 6.45) is 5.31. The third-order valence-corrected chi connectivity index (χ3v) is 15.6. The number of carbonyl (C=O) groups is 11. The second-order valence-electron chi connectivity index (χ2n) is 22.8. The third kappa shape index (κ3) is 21.0. The van der Waals surface area contributed by atoms with Crippen molar-refractivity contribution in [3.63, 3.8) is 0 Å². The van der Waals surface area contributed by atoms with Gasteiger partial charge in [0.05, 0.1) is 30.7 Å². The molecule has 83 heavy (non-hydrogen) atoms. The van der Waals surface area contributed by atoms with Gasteiger partial charge in [0.1, 0.15) is 37.1 Å². The molecule has 24 heteroatoms. The molecule has 464 valence electrons. The van der Waals surface area contributed by atoms with Crippen LogP contribution in [0.15, 0.2) is 36.4 Å². The Morgan fingerprint density at radius 3 is 1.96 bits per heavy atom. The van der Waals surface area contributed by atoms with E-state index in [1.54, 1.807) is 89.6 Å². The molecule has 1 aromatic carbocycles. The van der Waals surface area contributed by atoms with Crippen LogP contribution in [0, 0.1) is 29.6 Å². The summed E-state index contributed by atoms with van der Waals surface area (Å²) in [5, 5.41) is 13.7. The van der Waals surface area contributed by atoms with Crippen molar-refractivity contribution in [1.82, 2.24) is 40.9 Å². The molecular weight excluding hydrogens is 1070 g/mol. The number of nitrogens with two attached hydrogens (primary N) is 1. The van der Waals surface area contributed by atoms with Gasteiger partial charge in [-0.2, -0.15) is 0 Å². The second-order valence-corrected chi connectivity index (χ2v) is 22.8. The van der Waals surface area contributed by atoms with E-state index in [0.717, 1.165) is 17.6 Å². The van der Waals surface area contributed by atoms with Gasteiger partial charge in [0.15, 0.2) is 0 Å². The van der Waals surface area contributed by atoms with E-state index in [0.29, 0.717) is 49.9 Å². The number of carbonyl (C=O) groups excluding carboxylic acids is 11. The lowest BCUT2D eigenvalue weighted by Crippen LogP contribution is -2.60. The summed E-state index contributed by atoms with van der Waals surface area (Å²) in [5.74, 6) is -5.18. The van der Waals surface area contributed by atoms with Crippen LogP contribution in [0.4, 0.5) is 15.3 Å². The summed E-state index contributed by atoms with van der Waals surface area (Å²) in [5.41, 5.74) is 6.11. The van der Waals surface area contributed by atoms with Crippen molar-refractivity contribution < 1.29 is 67.0 Å². The smallest absolute Gasteiger partial charge is 0.410 e. The second kappa shape index (κ2) is 34.6. The van der Waals surface area contributed by atoms with E-state index in [2.05, 4.69) is 26.6 Å². The predicted molar refractivity (Wildman–Crippen MR) is 310 cm³/mol. The number of ether oxygens (including phenoxy) is 3. The fraction of sp³-hybridized carbons (Fsp3) is 0.678. The van der Waals surface area contributed by atoms with Crippen molar-refractivity contribution in [1.29, 1.82) is 0 Å². The summed E-state index contributed by atoms with van der Waals surface area (Å²) in [6.45, 7) is 17.0. The van der Waals surface area contributed by atoms with Gasteiger partial charge in [0.25, 0.3) is 11.8 Å². The summed E-state index contributed by atoms with van der Waals surface area (Å²) in [4.78, 5) is 149. The molecule has 7 N–H and O–H groups in total. The van der Waals surface area contributed by atoms with E-state index in [1.165, 1.54) is 38.3 Å². The van der Waals surface area contributed by atoms with E-state index < -0.39 is 95.9 Å². The Morgan fingerprint density at radius 2 is 1.41 bits per heavy atom. The zero-order chi connectivity index (χ0) is 62.2. The minimum atomic E-state index is -1.10. The number of aldehydes is 1. The normalized spacial score (nSPS) is 17.4. The number of nitrogens with zero attached hydrogens (tertiary/aromatic N) is 4. The highest BCUT2D eigenvalue weighted by Crippen LogP contribution is 2.29. The molecule has 0 saturated carbocycles. The quantitative estimate of drug-likeness (QED) is 0.0318. The minimum absolute atomic E-state index is 0.0283. The van der Waals surface area contributed by atoms with E-state index >= 15 is 0 Å². The Balaban J connectivity index is 1.66.